The van der Waals surface area contributed by atoms with Crippen molar-refractivity contribution in [2.45, 2.75) is 213 Å². The first-order chi connectivity index (χ1) is 19.8. The van der Waals surface area contributed by atoms with Gasteiger partial charge < -0.3 is 4.74 Å². The van der Waals surface area contributed by atoms with Gasteiger partial charge >= 0.3 is 5.97 Å². The van der Waals surface area contributed by atoms with E-state index in [1.54, 1.807) is 0 Å². The molecule has 0 aromatic rings. The zero-order valence-corrected chi connectivity index (χ0v) is 28.0. The van der Waals surface area contributed by atoms with Crippen molar-refractivity contribution in [3.8, 4) is 0 Å². The molecule has 0 fully saturated rings. The molecule has 0 N–H and O–H groups in total. The fourth-order valence-electron chi connectivity index (χ4n) is 5.72. The van der Waals surface area contributed by atoms with Crippen LogP contribution in [0.2, 0.25) is 0 Å². The van der Waals surface area contributed by atoms with Crippen molar-refractivity contribution in [2.75, 3.05) is 6.61 Å². The Morgan fingerprint density at radius 2 is 0.775 bits per heavy atom. The zero-order chi connectivity index (χ0) is 29.2. The van der Waals surface area contributed by atoms with Crippen LogP contribution in [0.1, 0.15) is 213 Å². The van der Waals surface area contributed by atoms with Gasteiger partial charge in [-0.05, 0) is 44.9 Å². The van der Waals surface area contributed by atoms with Gasteiger partial charge in [0, 0.05) is 0 Å². The number of rotatable bonds is 33. The van der Waals surface area contributed by atoms with Crippen molar-refractivity contribution in [1.29, 1.82) is 0 Å². The molecule has 0 aliphatic carbocycles. The summed E-state index contributed by atoms with van der Waals surface area (Å²) in [6.45, 7) is 7.46. The Labute approximate surface area is 253 Å². The Balaban J connectivity index is 4.05. The molecule has 0 aliphatic rings. The standard InChI is InChI=1S/C38H74O2/c1-4-7-10-13-16-18-20-21-22-23-25-27-29-32-35-37(38(39)40-36-33-30-15-12-9-6-3)34-31-28-26-24-19-17-14-11-8-5-2/h21-22,37H,4-20,23-36H2,1-3H3. The van der Waals surface area contributed by atoms with Crippen LogP contribution < -0.4 is 0 Å². The number of unbranched alkanes of at least 4 members (excludes halogenated alkanes) is 24. The van der Waals surface area contributed by atoms with Crippen LogP contribution in [-0.2, 0) is 9.53 Å². The maximum absolute atomic E-state index is 12.9. The van der Waals surface area contributed by atoms with Gasteiger partial charge in [0.2, 0.25) is 0 Å². The van der Waals surface area contributed by atoms with Crippen molar-refractivity contribution in [1.82, 2.24) is 0 Å². The van der Waals surface area contributed by atoms with E-state index < -0.39 is 0 Å². The van der Waals surface area contributed by atoms with Gasteiger partial charge in [0.05, 0.1) is 12.5 Å². The first-order valence-electron chi connectivity index (χ1n) is 18.6. The Bertz CT molecular complexity index is 512. The smallest absolute Gasteiger partial charge is 0.308 e. The fraction of sp³-hybridized carbons (Fsp3) is 0.921. The summed E-state index contributed by atoms with van der Waals surface area (Å²) in [5.74, 6) is 0.230. The lowest BCUT2D eigenvalue weighted by Crippen LogP contribution is -2.18. The fourth-order valence-corrected chi connectivity index (χ4v) is 5.72. The van der Waals surface area contributed by atoms with Crippen LogP contribution in [-0.4, -0.2) is 12.6 Å². The number of carbonyl (C=O) groups excluding carboxylic acids is 1. The van der Waals surface area contributed by atoms with Gasteiger partial charge in [0.1, 0.15) is 0 Å². The molecule has 0 aromatic carbocycles. The number of esters is 1. The highest BCUT2D eigenvalue weighted by atomic mass is 16.5. The average molecular weight is 563 g/mol. The molecule has 1 atom stereocenters. The Morgan fingerprint density at radius 1 is 0.450 bits per heavy atom. The summed E-state index contributed by atoms with van der Waals surface area (Å²) in [5, 5.41) is 0. The van der Waals surface area contributed by atoms with Crippen LogP contribution in [0.25, 0.3) is 0 Å². The molecule has 40 heavy (non-hydrogen) atoms. The maximum atomic E-state index is 12.9. The quantitative estimate of drug-likeness (QED) is 0.0451. The van der Waals surface area contributed by atoms with Crippen molar-refractivity contribution in [3.05, 3.63) is 12.2 Å². The molecule has 0 saturated carbocycles. The lowest BCUT2D eigenvalue weighted by atomic mass is 9.94. The number of allylic oxidation sites excluding steroid dienone is 2. The van der Waals surface area contributed by atoms with Crippen molar-refractivity contribution >= 4 is 5.97 Å². The highest BCUT2D eigenvalue weighted by Gasteiger charge is 2.19. The second-order valence-electron chi connectivity index (χ2n) is 12.6. The molecule has 2 nitrogen and oxygen atoms in total. The van der Waals surface area contributed by atoms with Crippen molar-refractivity contribution < 1.29 is 9.53 Å². The molecular weight excluding hydrogens is 488 g/mol. The molecule has 0 radical (unpaired) electrons. The number of hydrogen-bond donors (Lipinski definition) is 0. The molecular formula is C38H74O2. The van der Waals surface area contributed by atoms with E-state index in [0.29, 0.717) is 6.61 Å². The summed E-state index contributed by atoms with van der Waals surface area (Å²) in [7, 11) is 0. The van der Waals surface area contributed by atoms with E-state index in [2.05, 4.69) is 32.9 Å². The van der Waals surface area contributed by atoms with Gasteiger partial charge in [-0.1, -0.05) is 181 Å². The molecule has 0 saturated heterocycles. The van der Waals surface area contributed by atoms with E-state index in [0.717, 1.165) is 19.3 Å². The topological polar surface area (TPSA) is 26.3 Å². The molecule has 2 heteroatoms. The second-order valence-corrected chi connectivity index (χ2v) is 12.6. The Hall–Kier alpha value is -0.790. The molecule has 238 valence electrons. The summed E-state index contributed by atoms with van der Waals surface area (Å²) in [6.07, 6.45) is 43.6. The van der Waals surface area contributed by atoms with Crippen LogP contribution >= 0.6 is 0 Å². The average Bonchev–Trinajstić information content (AvgIpc) is 2.96. The molecule has 0 heterocycles. The lowest BCUT2D eigenvalue weighted by Gasteiger charge is -2.16. The summed E-state index contributed by atoms with van der Waals surface area (Å²) in [6, 6.07) is 0. The second kappa shape index (κ2) is 34.4. The summed E-state index contributed by atoms with van der Waals surface area (Å²) in [5.41, 5.74) is 0. The largest absolute Gasteiger partial charge is 0.465 e. The molecule has 0 bridgehead atoms. The van der Waals surface area contributed by atoms with Gasteiger partial charge in [-0.3, -0.25) is 4.79 Å². The first-order valence-corrected chi connectivity index (χ1v) is 18.6. The number of ether oxygens (including phenoxy) is 1. The summed E-state index contributed by atoms with van der Waals surface area (Å²) >= 11 is 0. The molecule has 0 spiro atoms. The molecule has 0 aromatic heterocycles. The maximum Gasteiger partial charge on any atom is 0.308 e. The van der Waals surface area contributed by atoms with E-state index >= 15 is 0 Å². The normalized spacial score (nSPS) is 12.4. The van der Waals surface area contributed by atoms with Crippen molar-refractivity contribution in [3.63, 3.8) is 0 Å². The molecule has 1 unspecified atom stereocenters. The van der Waals surface area contributed by atoms with Crippen LogP contribution in [0.3, 0.4) is 0 Å². The lowest BCUT2D eigenvalue weighted by molar-refractivity contribution is -0.149. The van der Waals surface area contributed by atoms with Gasteiger partial charge in [0.15, 0.2) is 0 Å². The SMILES string of the molecule is CCCCCCCCC=CCCCCCCC(CCCCCCCCCCCC)C(=O)OCCCCCCCC. The third-order valence-corrected chi connectivity index (χ3v) is 8.55. The Kier molecular flexibility index (Phi) is 33.7. The minimum atomic E-state index is 0.0992. The predicted octanol–water partition coefficient (Wildman–Crippen LogP) is 13.5. The van der Waals surface area contributed by atoms with Gasteiger partial charge in [-0.2, -0.15) is 0 Å². The van der Waals surface area contributed by atoms with Crippen LogP contribution in [0.15, 0.2) is 12.2 Å². The molecule has 0 amide bonds. The monoisotopic (exact) mass is 563 g/mol. The van der Waals surface area contributed by atoms with E-state index in [-0.39, 0.29) is 11.9 Å². The summed E-state index contributed by atoms with van der Waals surface area (Å²) < 4.78 is 5.77. The Morgan fingerprint density at radius 3 is 1.18 bits per heavy atom. The van der Waals surface area contributed by atoms with Gasteiger partial charge in [-0.15, -0.1) is 0 Å². The van der Waals surface area contributed by atoms with Gasteiger partial charge in [0.25, 0.3) is 0 Å². The molecule has 0 aliphatic heterocycles. The molecule has 0 rings (SSSR count). The first kappa shape index (κ1) is 39.2. The van der Waals surface area contributed by atoms with Crippen LogP contribution in [0, 0.1) is 5.92 Å². The highest BCUT2D eigenvalue weighted by molar-refractivity contribution is 5.72. The minimum Gasteiger partial charge on any atom is -0.465 e. The van der Waals surface area contributed by atoms with Gasteiger partial charge in [-0.25, -0.2) is 0 Å². The minimum absolute atomic E-state index is 0.0992. The predicted molar refractivity (Wildman–Crippen MR) is 179 cm³/mol. The highest BCUT2D eigenvalue weighted by Crippen LogP contribution is 2.21. The summed E-state index contributed by atoms with van der Waals surface area (Å²) in [4.78, 5) is 12.9. The number of hydrogen-bond acceptors (Lipinski definition) is 2. The van der Waals surface area contributed by atoms with E-state index in [1.165, 1.54) is 173 Å². The van der Waals surface area contributed by atoms with E-state index in [1.807, 2.05) is 0 Å². The van der Waals surface area contributed by atoms with Crippen molar-refractivity contribution in [2.24, 2.45) is 5.92 Å². The third-order valence-electron chi connectivity index (χ3n) is 8.55. The van der Waals surface area contributed by atoms with E-state index in [9.17, 15) is 4.79 Å². The van der Waals surface area contributed by atoms with Crippen LogP contribution in [0.4, 0.5) is 0 Å². The van der Waals surface area contributed by atoms with Crippen LogP contribution in [0.5, 0.6) is 0 Å². The zero-order valence-electron chi connectivity index (χ0n) is 28.0. The number of carbonyl (C=O) groups is 1. The van der Waals surface area contributed by atoms with E-state index in [4.69, 9.17) is 4.74 Å². The third kappa shape index (κ3) is 30.2.